The average molecular weight is 273 g/mol. The lowest BCUT2D eigenvalue weighted by Crippen LogP contribution is -2.54. The predicted molar refractivity (Wildman–Crippen MR) is 71.1 cm³/mol. The highest BCUT2D eigenvalue weighted by molar-refractivity contribution is 6.50. The van der Waals surface area contributed by atoms with Crippen molar-refractivity contribution in [3.05, 3.63) is 0 Å². The van der Waals surface area contributed by atoms with Gasteiger partial charge in [-0.15, -0.1) is 0 Å². The van der Waals surface area contributed by atoms with Crippen molar-refractivity contribution in [2.24, 2.45) is 0 Å². The third-order valence-corrected chi connectivity index (χ3v) is 3.76. The minimum Gasteiger partial charge on any atom is -0.418 e. The fourth-order valence-electron chi connectivity index (χ4n) is 2.64. The van der Waals surface area contributed by atoms with Crippen molar-refractivity contribution in [1.82, 2.24) is 0 Å². The van der Waals surface area contributed by atoms with Crippen molar-refractivity contribution in [2.75, 3.05) is 19.6 Å². The Morgan fingerprint density at radius 3 is 1.33 bits per heavy atom. The van der Waals surface area contributed by atoms with E-state index in [1.54, 1.807) is 0 Å². The zero-order valence-electron chi connectivity index (χ0n) is 12.4. The molecule has 0 bridgehead atoms. The first kappa shape index (κ1) is 20.1. The van der Waals surface area contributed by atoms with E-state index >= 15 is 0 Å². The molecule has 1 unspecified atom stereocenters. The number of rotatable bonds is 7. The summed E-state index contributed by atoms with van der Waals surface area (Å²) in [6.07, 6.45) is 4.06. The van der Waals surface area contributed by atoms with Gasteiger partial charge in [0.25, 0.3) is 0 Å². The van der Waals surface area contributed by atoms with Crippen molar-refractivity contribution >= 4 is 7.25 Å². The summed E-state index contributed by atoms with van der Waals surface area (Å²) in [5.74, 6) is 0. The second-order valence-electron chi connectivity index (χ2n) is 4.51. The van der Waals surface area contributed by atoms with E-state index in [0.29, 0.717) is 0 Å². The zero-order chi connectivity index (χ0) is 14.8. The molecule has 0 heterocycles. The number of nitrogens with zero attached hydrogens (tertiary/aromatic N) is 1. The second kappa shape index (κ2) is 9.65. The van der Waals surface area contributed by atoms with E-state index in [-0.39, 0.29) is 0 Å². The number of quaternary nitrogens is 1. The van der Waals surface area contributed by atoms with Crippen LogP contribution in [0.2, 0.25) is 0 Å². The molecule has 1 atom stereocenters. The van der Waals surface area contributed by atoms with E-state index in [0.717, 1.165) is 6.04 Å². The molecular formula is C12H28BF4N. The van der Waals surface area contributed by atoms with E-state index in [1.807, 2.05) is 0 Å². The quantitative estimate of drug-likeness (QED) is 0.357. The summed E-state index contributed by atoms with van der Waals surface area (Å²) in [6, 6.07) is 0.894. The standard InChI is InChI=1S/C12H28N.BF4/c1-6-11-12(7-2)13(8-3,9-4)10-5;2-1(3,4)5/h12H,6-11H2,1-5H3;/q+1;-1. The Labute approximate surface area is 109 Å². The molecule has 1 nitrogen and oxygen atoms in total. The topological polar surface area (TPSA) is 0 Å². The molecule has 0 aliphatic rings. The van der Waals surface area contributed by atoms with Crippen LogP contribution in [0.25, 0.3) is 0 Å². The van der Waals surface area contributed by atoms with Gasteiger partial charge in [-0.1, -0.05) is 20.3 Å². The largest absolute Gasteiger partial charge is 0.673 e. The maximum absolute atomic E-state index is 9.75. The van der Waals surface area contributed by atoms with Gasteiger partial charge in [-0.05, 0) is 33.6 Å². The fraction of sp³-hybridized carbons (Fsp3) is 1.00. The number of hydrogen-bond donors (Lipinski definition) is 0. The summed E-state index contributed by atoms with van der Waals surface area (Å²) in [4.78, 5) is 0. The smallest absolute Gasteiger partial charge is 0.418 e. The Morgan fingerprint density at radius 2 is 1.17 bits per heavy atom. The molecule has 0 rings (SSSR count). The highest BCUT2D eigenvalue weighted by Gasteiger charge is 2.29. The second-order valence-corrected chi connectivity index (χ2v) is 4.51. The van der Waals surface area contributed by atoms with Crippen molar-refractivity contribution in [3.63, 3.8) is 0 Å². The Morgan fingerprint density at radius 1 is 0.833 bits per heavy atom. The number of halogens is 4. The van der Waals surface area contributed by atoms with Gasteiger partial charge in [-0.25, -0.2) is 0 Å². The van der Waals surface area contributed by atoms with Gasteiger partial charge < -0.3 is 21.7 Å². The molecule has 18 heavy (non-hydrogen) atoms. The molecule has 0 amide bonds. The molecule has 0 aromatic carbocycles. The molecule has 0 radical (unpaired) electrons. The summed E-state index contributed by atoms with van der Waals surface area (Å²) in [6.45, 7) is 15.6. The van der Waals surface area contributed by atoms with Crippen LogP contribution in [0.4, 0.5) is 17.3 Å². The van der Waals surface area contributed by atoms with Crippen LogP contribution in [0.1, 0.15) is 53.9 Å². The highest BCUT2D eigenvalue weighted by atomic mass is 19.5. The van der Waals surface area contributed by atoms with Gasteiger partial charge in [0, 0.05) is 0 Å². The molecular weight excluding hydrogens is 245 g/mol. The number of hydrogen-bond acceptors (Lipinski definition) is 0. The molecule has 0 saturated carbocycles. The molecule has 0 aliphatic carbocycles. The highest BCUT2D eigenvalue weighted by Crippen LogP contribution is 2.20. The van der Waals surface area contributed by atoms with Gasteiger partial charge in [-0.3, -0.25) is 0 Å². The Balaban J connectivity index is 0. The summed E-state index contributed by atoms with van der Waals surface area (Å²) >= 11 is 0. The Hall–Kier alpha value is -0.255. The first-order chi connectivity index (χ1) is 8.20. The van der Waals surface area contributed by atoms with Crippen molar-refractivity contribution in [2.45, 2.75) is 59.9 Å². The van der Waals surface area contributed by atoms with Crippen LogP contribution >= 0.6 is 0 Å². The van der Waals surface area contributed by atoms with Crippen molar-refractivity contribution in [1.29, 1.82) is 0 Å². The average Bonchev–Trinajstić information content (AvgIpc) is 2.28. The fourth-order valence-corrected chi connectivity index (χ4v) is 2.64. The Kier molecular flexibility index (Phi) is 10.8. The van der Waals surface area contributed by atoms with Crippen LogP contribution in [0, 0.1) is 0 Å². The van der Waals surface area contributed by atoms with Gasteiger partial charge in [0.2, 0.25) is 0 Å². The van der Waals surface area contributed by atoms with E-state index in [2.05, 4.69) is 34.6 Å². The SMILES string of the molecule is CCCC(CC)[N+](CC)(CC)CC.F[B-](F)(F)F. The van der Waals surface area contributed by atoms with Crippen LogP contribution < -0.4 is 0 Å². The van der Waals surface area contributed by atoms with E-state index in [4.69, 9.17) is 0 Å². The summed E-state index contributed by atoms with van der Waals surface area (Å²) in [7, 11) is -6.00. The Bertz CT molecular complexity index is 179. The van der Waals surface area contributed by atoms with Gasteiger partial charge in [0.05, 0.1) is 25.7 Å². The zero-order valence-corrected chi connectivity index (χ0v) is 12.4. The van der Waals surface area contributed by atoms with Crippen molar-refractivity contribution < 1.29 is 21.7 Å². The lowest BCUT2D eigenvalue weighted by molar-refractivity contribution is -0.947. The monoisotopic (exact) mass is 273 g/mol. The van der Waals surface area contributed by atoms with Gasteiger partial charge in [0.1, 0.15) is 0 Å². The molecule has 0 spiro atoms. The van der Waals surface area contributed by atoms with Gasteiger partial charge in [0.15, 0.2) is 0 Å². The van der Waals surface area contributed by atoms with Crippen molar-refractivity contribution in [3.8, 4) is 0 Å². The van der Waals surface area contributed by atoms with E-state index in [9.17, 15) is 17.3 Å². The van der Waals surface area contributed by atoms with E-state index in [1.165, 1.54) is 43.4 Å². The molecule has 112 valence electrons. The lowest BCUT2D eigenvalue weighted by atomic mass is 10.0. The summed E-state index contributed by atoms with van der Waals surface area (Å²) < 4.78 is 40.3. The molecule has 0 aliphatic heterocycles. The molecule has 6 heteroatoms. The molecule has 0 saturated heterocycles. The maximum atomic E-state index is 9.75. The minimum atomic E-state index is -6.00. The molecule has 0 aromatic rings. The first-order valence-corrected chi connectivity index (χ1v) is 6.93. The lowest BCUT2D eigenvalue weighted by Gasteiger charge is -2.43. The minimum absolute atomic E-state index is 0.894. The molecule has 0 aromatic heterocycles. The van der Waals surface area contributed by atoms with Gasteiger partial charge in [-0.2, -0.15) is 0 Å². The van der Waals surface area contributed by atoms with Crippen LogP contribution in [0.5, 0.6) is 0 Å². The van der Waals surface area contributed by atoms with Crippen LogP contribution in [-0.2, 0) is 0 Å². The third-order valence-electron chi connectivity index (χ3n) is 3.76. The van der Waals surface area contributed by atoms with Crippen LogP contribution in [0.3, 0.4) is 0 Å². The first-order valence-electron chi connectivity index (χ1n) is 6.93. The third kappa shape index (κ3) is 8.78. The normalized spacial score (nSPS) is 13.8. The summed E-state index contributed by atoms with van der Waals surface area (Å²) in [5.41, 5.74) is 0. The van der Waals surface area contributed by atoms with Crippen LogP contribution in [0.15, 0.2) is 0 Å². The van der Waals surface area contributed by atoms with Crippen LogP contribution in [-0.4, -0.2) is 37.4 Å². The van der Waals surface area contributed by atoms with E-state index < -0.39 is 7.25 Å². The van der Waals surface area contributed by atoms with Gasteiger partial charge >= 0.3 is 7.25 Å². The molecule has 0 N–H and O–H groups in total. The maximum Gasteiger partial charge on any atom is 0.673 e. The summed E-state index contributed by atoms with van der Waals surface area (Å²) in [5, 5.41) is 0. The molecule has 0 fully saturated rings. The predicted octanol–water partition coefficient (Wildman–Crippen LogP) is 4.74.